The lowest BCUT2D eigenvalue weighted by molar-refractivity contribution is -0.128. The molecule has 0 unspecified atom stereocenters. The number of ether oxygens (including phenoxy) is 1. The van der Waals surface area contributed by atoms with Crippen LogP contribution in [0.1, 0.15) is 39.2 Å². The molecule has 2 amide bonds. The van der Waals surface area contributed by atoms with Gasteiger partial charge in [0.1, 0.15) is 11.4 Å². The van der Waals surface area contributed by atoms with Gasteiger partial charge in [-0.1, -0.05) is 6.07 Å². The van der Waals surface area contributed by atoms with Crippen molar-refractivity contribution in [1.29, 1.82) is 0 Å². The van der Waals surface area contributed by atoms with Gasteiger partial charge in [-0.2, -0.15) is 0 Å². The fourth-order valence-corrected chi connectivity index (χ4v) is 2.47. The molecule has 0 spiro atoms. The number of halogens is 1. The molecule has 2 N–H and O–H groups in total. The molecule has 6 heteroatoms. The first-order chi connectivity index (χ1) is 10.2. The van der Waals surface area contributed by atoms with Crippen molar-refractivity contribution < 1.29 is 18.7 Å². The van der Waals surface area contributed by atoms with E-state index in [0.717, 1.165) is 4.90 Å². The van der Waals surface area contributed by atoms with Gasteiger partial charge in [0, 0.05) is 12.5 Å². The summed E-state index contributed by atoms with van der Waals surface area (Å²) in [6, 6.07) is 4.21. The number of anilines is 1. The molecule has 1 atom stereocenters. The van der Waals surface area contributed by atoms with Crippen molar-refractivity contribution in [2.75, 3.05) is 5.73 Å². The lowest BCUT2D eigenvalue weighted by Crippen LogP contribution is -2.43. The Kier molecular flexibility index (Phi) is 4.39. The van der Waals surface area contributed by atoms with Crippen molar-refractivity contribution >= 4 is 17.7 Å². The highest BCUT2D eigenvalue weighted by molar-refractivity contribution is 5.94. The smallest absolute Gasteiger partial charge is 0.417 e. The number of amides is 2. The summed E-state index contributed by atoms with van der Waals surface area (Å²) in [5, 5.41) is 0. The van der Waals surface area contributed by atoms with Gasteiger partial charge in [0.25, 0.3) is 0 Å². The van der Waals surface area contributed by atoms with E-state index in [1.807, 2.05) is 0 Å². The van der Waals surface area contributed by atoms with Gasteiger partial charge in [-0.05, 0) is 51.3 Å². The van der Waals surface area contributed by atoms with Crippen LogP contribution in [0.3, 0.4) is 0 Å². The molecule has 120 valence electrons. The van der Waals surface area contributed by atoms with Crippen LogP contribution < -0.4 is 5.73 Å². The molecule has 5 nitrogen and oxygen atoms in total. The molecule has 22 heavy (non-hydrogen) atoms. The van der Waals surface area contributed by atoms with Crippen LogP contribution in [-0.4, -0.2) is 28.5 Å². The Labute approximate surface area is 129 Å². The van der Waals surface area contributed by atoms with Gasteiger partial charge in [-0.15, -0.1) is 0 Å². The third-order valence-corrected chi connectivity index (χ3v) is 3.45. The van der Waals surface area contributed by atoms with Crippen LogP contribution in [0.15, 0.2) is 18.2 Å². The number of nitrogens with zero attached hydrogens (tertiary/aromatic N) is 1. The monoisotopic (exact) mass is 308 g/mol. The van der Waals surface area contributed by atoms with E-state index in [2.05, 4.69) is 0 Å². The number of likely N-dealkylation sites (tertiary alicyclic amines) is 1. The normalized spacial score (nSPS) is 18.6. The summed E-state index contributed by atoms with van der Waals surface area (Å²) in [5.41, 5.74) is 5.55. The van der Waals surface area contributed by atoms with Gasteiger partial charge in [-0.3, -0.25) is 4.79 Å². The van der Waals surface area contributed by atoms with E-state index in [1.165, 1.54) is 12.1 Å². The topological polar surface area (TPSA) is 72.6 Å². The van der Waals surface area contributed by atoms with E-state index in [-0.39, 0.29) is 17.6 Å². The van der Waals surface area contributed by atoms with E-state index in [4.69, 9.17) is 10.5 Å². The molecule has 0 aromatic heterocycles. The van der Waals surface area contributed by atoms with Crippen LogP contribution in [0.25, 0.3) is 0 Å². The number of nitrogens with two attached hydrogens (primary N) is 1. The summed E-state index contributed by atoms with van der Waals surface area (Å²) < 4.78 is 18.8. The molecule has 1 aliphatic rings. The zero-order valence-electron chi connectivity index (χ0n) is 13.1. The van der Waals surface area contributed by atoms with Crippen molar-refractivity contribution in [3.05, 3.63) is 29.6 Å². The minimum absolute atomic E-state index is 0.0789. The van der Waals surface area contributed by atoms with Crippen LogP contribution in [0.2, 0.25) is 0 Å². The summed E-state index contributed by atoms with van der Waals surface area (Å²) in [7, 11) is 0. The molecule has 1 saturated heterocycles. The molecular formula is C16H21FN2O3. The minimum Gasteiger partial charge on any atom is -0.443 e. The molecule has 1 aliphatic heterocycles. The van der Waals surface area contributed by atoms with Gasteiger partial charge in [-0.25, -0.2) is 14.1 Å². The quantitative estimate of drug-likeness (QED) is 0.853. The molecule has 0 saturated carbocycles. The number of benzene rings is 1. The minimum atomic E-state index is -0.669. The van der Waals surface area contributed by atoms with Crippen molar-refractivity contribution in [1.82, 2.24) is 4.90 Å². The van der Waals surface area contributed by atoms with Crippen LogP contribution in [0, 0.1) is 5.82 Å². The average Bonchev–Trinajstić information content (AvgIpc) is 2.73. The van der Waals surface area contributed by atoms with E-state index in [0.29, 0.717) is 24.8 Å². The molecular weight excluding hydrogens is 287 g/mol. The molecule has 1 aromatic rings. The second-order valence-electron chi connectivity index (χ2n) is 6.50. The largest absolute Gasteiger partial charge is 0.443 e. The molecule has 0 bridgehead atoms. The third-order valence-electron chi connectivity index (χ3n) is 3.45. The predicted octanol–water partition coefficient (Wildman–Crippen LogP) is 2.88. The molecule has 0 radical (unpaired) electrons. The first-order valence-corrected chi connectivity index (χ1v) is 7.26. The fraction of sp³-hybridized carbons (Fsp3) is 0.500. The Hall–Kier alpha value is -2.11. The highest BCUT2D eigenvalue weighted by Crippen LogP contribution is 2.25. The van der Waals surface area contributed by atoms with Gasteiger partial charge in [0.15, 0.2) is 0 Å². The maximum Gasteiger partial charge on any atom is 0.417 e. The Balaban J connectivity index is 2.13. The average molecular weight is 308 g/mol. The van der Waals surface area contributed by atoms with E-state index in [1.54, 1.807) is 26.8 Å². The fourth-order valence-electron chi connectivity index (χ4n) is 2.47. The van der Waals surface area contributed by atoms with Gasteiger partial charge in [0.05, 0.1) is 5.69 Å². The number of carbonyl (C=O) groups is 2. The number of hydrogen-bond donors (Lipinski definition) is 1. The van der Waals surface area contributed by atoms with E-state index >= 15 is 0 Å². The second-order valence-corrected chi connectivity index (χ2v) is 6.50. The lowest BCUT2D eigenvalue weighted by atomic mass is 10.0. The molecule has 1 heterocycles. The molecule has 0 aliphatic carbocycles. The van der Waals surface area contributed by atoms with Gasteiger partial charge < -0.3 is 10.5 Å². The van der Waals surface area contributed by atoms with Crippen LogP contribution in [0.5, 0.6) is 0 Å². The summed E-state index contributed by atoms with van der Waals surface area (Å²) in [6.45, 7) is 5.24. The summed E-state index contributed by atoms with van der Waals surface area (Å²) in [5.74, 6) is -0.749. The Morgan fingerprint density at radius 2 is 2.14 bits per heavy atom. The molecule has 2 rings (SSSR count). The lowest BCUT2D eigenvalue weighted by Gasteiger charge is -2.27. The number of carbonyl (C=O) groups excluding carboxylic acids is 2. The van der Waals surface area contributed by atoms with E-state index < -0.39 is 17.5 Å². The maximum absolute atomic E-state index is 13.5. The van der Waals surface area contributed by atoms with Crippen molar-refractivity contribution in [3.63, 3.8) is 0 Å². The van der Waals surface area contributed by atoms with Gasteiger partial charge >= 0.3 is 6.09 Å². The third kappa shape index (κ3) is 3.75. The number of nitrogen functional groups attached to an aromatic ring is 1. The highest BCUT2D eigenvalue weighted by atomic mass is 19.1. The summed E-state index contributed by atoms with van der Waals surface area (Å²) >= 11 is 0. The van der Waals surface area contributed by atoms with Crippen molar-refractivity contribution in [2.45, 2.75) is 51.7 Å². The zero-order valence-corrected chi connectivity index (χ0v) is 13.1. The Bertz CT molecular complexity index is 596. The van der Waals surface area contributed by atoms with Crippen LogP contribution >= 0.6 is 0 Å². The van der Waals surface area contributed by atoms with E-state index in [9.17, 15) is 14.0 Å². The van der Waals surface area contributed by atoms with Crippen LogP contribution in [-0.2, 0) is 16.0 Å². The summed E-state index contributed by atoms with van der Waals surface area (Å²) in [4.78, 5) is 25.3. The first-order valence-electron chi connectivity index (χ1n) is 7.26. The maximum atomic E-state index is 13.5. The predicted molar refractivity (Wildman–Crippen MR) is 80.6 cm³/mol. The molecule has 1 aromatic carbocycles. The summed E-state index contributed by atoms with van der Waals surface area (Å²) in [6.07, 6.45) is 0.587. The number of imide groups is 1. The SMILES string of the molecule is CC(C)(C)OC(=O)N1C(=O)CC[C@H]1Cc1ccc(N)c(F)c1. The Morgan fingerprint density at radius 3 is 2.73 bits per heavy atom. The number of hydrogen-bond acceptors (Lipinski definition) is 4. The van der Waals surface area contributed by atoms with Crippen molar-refractivity contribution in [2.24, 2.45) is 0 Å². The van der Waals surface area contributed by atoms with Crippen molar-refractivity contribution in [3.8, 4) is 0 Å². The molecule has 1 fully saturated rings. The standard InChI is InChI=1S/C16H21FN2O3/c1-16(2,3)22-15(21)19-11(5-7-14(19)20)8-10-4-6-13(18)12(17)9-10/h4,6,9,11H,5,7-8,18H2,1-3H3/t11-/m0/s1. The van der Waals surface area contributed by atoms with Gasteiger partial charge in [0.2, 0.25) is 5.91 Å². The van der Waals surface area contributed by atoms with Crippen LogP contribution in [0.4, 0.5) is 14.9 Å². The highest BCUT2D eigenvalue weighted by Gasteiger charge is 2.38. The Morgan fingerprint density at radius 1 is 1.45 bits per heavy atom. The zero-order chi connectivity index (χ0) is 16.5. The second kappa shape index (κ2) is 5.94. The number of rotatable bonds is 2. The first kappa shape index (κ1) is 16.3.